The average molecular weight is 236 g/mol. The van der Waals surface area contributed by atoms with Gasteiger partial charge in [0.25, 0.3) is 0 Å². The third-order valence-corrected chi connectivity index (χ3v) is 3.29. The van der Waals surface area contributed by atoms with Gasteiger partial charge in [0.05, 0.1) is 4.92 Å². The molecule has 1 aliphatic rings. The van der Waals surface area contributed by atoms with E-state index in [0.29, 0.717) is 6.04 Å². The molecule has 0 amide bonds. The molecule has 0 saturated carbocycles. The Bertz CT molecular complexity index is 434. The Hall–Kier alpha value is -1.78. The largest absolute Gasteiger partial charge is 0.502 e. The van der Waals surface area contributed by atoms with Crippen molar-refractivity contribution < 1.29 is 10.0 Å². The monoisotopic (exact) mass is 236 g/mol. The fraction of sp³-hybridized carbons (Fsp3) is 0.500. The van der Waals surface area contributed by atoms with Gasteiger partial charge >= 0.3 is 5.69 Å². The molecule has 1 aromatic rings. The van der Waals surface area contributed by atoms with Crippen molar-refractivity contribution in [3.63, 3.8) is 0 Å². The maximum Gasteiger partial charge on any atom is 0.310 e. The number of anilines is 1. The van der Waals surface area contributed by atoms with Crippen molar-refractivity contribution in [1.82, 2.24) is 0 Å². The first-order valence-corrected chi connectivity index (χ1v) is 5.83. The molecule has 1 aromatic carbocycles. The van der Waals surface area contributed by atoms with Crippen LogP contribution >= 0.6 is 0 Å². The minimum Gasteiger partial charge on any atom is -0.502 e. The smallest absolute Gasteiger partial charge is 0.310 e. The van der Waals surface area contributed by atoms with Crippen LogP contribution in [0.2, 0.25) is 0 Å². The number of phenols is 1. The minimum absolute atomic E-state index is 0.238. The number of hydrogen-bond acceptors (Lipinski definition) is 4. The third-order valence-electron chi connectivity index (χ3n) is 3.29. The van der Waals surface area contributed by atoms with Crippen LogP contribution in [0.25, 0.3) is 0 Å². The zero-order chi connectivity index (χ0) is 12.4. The number of nitro groups is 1. The topological polar surface area (TPSA) is 66.6 Å². The summed E-state index contributed by atoms with van der Waals surface area (Å²) in [6, 6.07) is 4.98. The number of aromatic hydroxyl groups is 1. The average Bonchev–Trinajstić information content (AvgIpc) is 2.29. The normalized spacial score (nSPS) is 20.3. The SMILES string of the molecule is CC1CCCCN1c1ccc([N+](=O)[O-])c(O)c1. The molecule has 1 unspecified atom stereocenters. The molecule has 0 radical (unpaired) electrons. The first-order valence-electron chi connectivity index (χ1n) is 5.83. The second kappa shape index (κ2) is 4.61. The Morgan fingerprint density at radius 2 is 2.24 bits per heavy atom. The predicted octanol–water partition coefficient (Wildman–Crippen LogP) is 2.68. The van der Waals surface area contributed by atoms with Crippen molar-refractivity contribution in [3.05, 3.63) is 28.3 Å². The molecule has 1 fully saturated rings. The van der Waals surface area contributed by atoms with Crippen molar-refractivity contribution in [3.8, 4) is 5.75 Å². The summed E-state index contributed by atoms with van der Waals surface area (Å²) >= 11 is 0. The molecule has 1 aliphatic heterocycles. The highest BCUT2D eigenvalue weighted by molar-refractivity contribution is 5.59. The van der Waals surface area contributed by atoms with Crippen LogP contribution in [-0.4, -0.2) is 22.6 Å². The van der Waals surface area contributed by atoms with Crippen LogP contribution in [0.15, 0.2) is 18.2 Å². The van der Waals surface area contributed by atoms with Crippen molar-refractivity contribution >= 4 is 11.4 Å². The second-order valence-electron chi connectivity index (χ2n) is 4.47. The van der Waals surface area contributed by atoms with Crippen LogP contribution in [-0.2, 0) is 0 Å². The van der Waals surface area contributed by atoms with E-state index in [1.54, 1.807) is 6.07 Å². The number of phenolic OH excluding ortho intramolecular Hbond substituents is 1. The number of hydrogen-bond donors (Lipinski definition) is 1. The van der Waals surface area contributed by atoms with Gasteiger partial charge in [0.15, 0.2) is 5.75 Å². The molecule has 1 atom stereocenters. The maximum atomic E-state index is 10.6. The van der Waals surface area contributed by atoms with Gasteiger partial charge < -0.3 is 10.0 Å². The van der Waals surface area contributed by atoms with Crippen molar-refractivity contribution in [2.24, 2.45) is 0 Å². The summed E-state index contributed by atoms with van der Waals surface area (Å²) in [4.78, 5) is 12.2. The lowest BCUT2D eigenvalue weighted by Gasteiger charge is -2.35. The van der Waals surface area contributed by atoms with Crippen LogP contribution in [0.5, 0.6) is 5.75 Å². The molecule has 1 saturated heterocycles. The van der Waals surface area contributed by atoms with Crippen molar-refractivity contribution in [2.75, 3.05) is 11.4 Å². The van der Waals surface area contributed by atoms with E-state index >= 15 is 0 Å². The zero-order valence-electron chi connectivity index (χ0n) is 9.80. The number of nitro benzene ring substituents is 1. The molecular formula is C12H16N2O3. The molecule has 5 nitrogen and oxygen atoms in total. The van der Waals surface area contributed by atoms with E-state index in [-0.39, 0.29) is 11.4 Å². The van der Waals surface area contributed by atoms with E-state index < -0.39 is 4.92 Å². The summed E-state index contributed by atoms with van der Waals surface area (Å²) in [6.07, 6.45) is 3.47. The first-order chi connectivity index (χ1) is 8.09. The Morgan fingerprint density at radius 3 is 2.82 bits per heavy atom. The van der Waals surface area contributed by atoms with Gasteiger partial charge in [-0.1, -0.05) is 0 Å². The van der Waals surface area contributed by atoms with Gasteiger partial charge in [-0.05, 0) is 32.3 Å². The lowest BCUT2D eigenvalue weighted by atomic mass is 10.0. The minimum atomic E-state index is -0.571. The lowest BCUT2D eigenvalue weighted by Crippen LogP contribution is -2.37. The van der Waals surface area contributed by atoms with Gasteiger partial charge in [-0.3, -0.25) is 10.1 Å². The molecule has 92 valence electrons. The van der Waals surface area contributed by atoms with Crippen LogP contribution < -0.4 is 4.90 Å². The summed E-state index contributed by atoms with van der Waals surface area (Å²) in [5.74, 6) is -0.259. The van der Waals surface area contributed by atoms with Gasteiger partial charge in [-0.15, -0.1) is 0 Å². The van der Waals surface area contributed by atoms with Crippen LogP contribution in [0.3, 0.4) is 0 Å². The Morgan fingerprint density at radius 1 is 1.47 bits per heavy atom. The van der Waals surface area contributed by atoms with E-state index in [1.807, 2.05) is 0 Å². The van der Waals surface area contributed by atoms with Gasteiger partial charge in [-0.2, -0.15) is 0 Å². The number of benzene rings is 1. The fourth-order valence-electron chi connectivity index (χ4n) is 2.33. The van der Waals surface area contributed by atoms with Crippen LogP contribution in [0, 0.1) is 10.1 Å². The van der Waals surface area contributed by atoms with E-state index in [2.05, 4.69) is 11.8 Å². The maximum absolute atomic E-state index is 10.6. The van der Waals surface area contributed by atoms with Crippen LogP contribution in [0.4, 0.5) is 11.4 Å². The van der Waals surface area contributed by atoms with Crippen molar-refractivity contribution in [2.45, 2.75) is 32.2 Å². The molecular weight excluding hydrogens is 220 g/mol. The van der Waals surface area contributed by atoms with Gasteiger partial charge in [0.2, 0.25) is 0 Å². The van der Waals surface area contributed by atoms with Crippen molar-refractivity contribution in [1.29, 1.82) is 0 Å². The Balaban J connectivity index is 2.27. The van der Waals surface area contributed by atoms with Crippen LogP contribution in [0.1, 0.15) is 26.2 Å². The first kappa shape index (κ1) is 11.7. The number of piperidine rings is 1. The molecule has 0 spiro atoms. The third kappa shape index (κ3) is 2.33. The Labute approximate surface area is 99.8 Å². The summed E-state index contributed by atoms with van der Waals surface area (Å²) in [6.45, 7) is 3.08. The van der Waals surface area contributed by atoms with Gasteiger partial charge in [0, 0.05) is 30.4 Å². The quantitative estimate of drug-likeness (QED) is 0.633. The fourth-order valence-corrected chi connectivity index (χ4v) is 2.33. The molecule has 1 heterocycles. The zero-order valence-corrected chi connectivity index (χ0v) is 9.80. The van der Waals surface area contributed by atoms with E-state index in [4.69, 9.17) is 0 Å². The lowest BCUT2D eigenvalue weighted by molar-refractivity contribution is -0.385. The van der Waals surface area contributed by atoms with E-state index in [9.17, 15) is 15.2 Å². The molecule has 17 heavy (non-hydrogen) atoms. The Kier molecular flexibility index (Phi) is 3.17. The summed E-state index contributed by atoms with van der Waals surface area (Å²) in [5.41, 5.74) is 0.624. The highest BCUT2D eigenvalue weighted by Crippen LogP contribution is 2.32. The molecule has 1 N–H and O–H groups in total. The predicted molar refractivity (Wildman–Crippen MR) is 65.4 cm³/mol. The highest BCUT2D eigenvalue weighted by atomic mass is 16.6. The van der Waals surface area contributed by atoms with Gasteiger partial charge in [0.1, 0.15) is 0 Å². The molecule has 5 heteroatoms. The van der Waals surface area contributed by atoms with E-state index in [1.165, 1.54) is 18.6 Å². The molecule has 2 rings (SSSR count). The highest BCUT2D eigenvalue weighted by Gasteiger charge is 2.21. The summed E-state index contributed by atoms with van der Waals surface area (Å²) in [5, 5.41) is 20.2. The number of nitrogens with zero attached hydrogens (tertiary/aromatic N) is 2. The van der Waals surface area contributed by atoms with E-state index in [0.717, 1.165) is 25.1 Å². The molecule has 0 aromatic heterocycles. The second-order valence-corrected chi connectivity index (χ2v) is 4.47. The van der Waals surface area contributed by atoms with Gasteiger partial charge in [-0.25, -0.2) is 0 Å². The standard InChI is InChI=1S/C12H16N2O3/c1-9-4-2-3-7-13(9)10-5-6-11(14(16)17)12(15)8-10/h5-6,8-9,15H,2-4,7H2,1H3. The summed E-state index contributed by atoms with van der Waals surface area (Å²) in [7, 11) is 0. The number of rotatable bonds is 2. The summed E-state index contributed by atoms with van der Waals surface area (Å²) < 4.78 is 0. The molecule has 0 aliphatic carbocycles. The molecule has 0 bridgehead atoms.